The number of benzene rings is 3. The zero-order valence-corrected chi connectivity index (χ0v) is 17.9. The molecule has 0 aliphatic carbocycles. The molecule has 3 aromatic carbocycles. The largest absolute Gasteiger partial charge is 0.508 e. The number of carbonyl (C=O) groups excluding carboxylic acids is 2. The number of phenols is 1. The van der Waals surface area contributed by atoms with Gasteiger partial charge in [0.1, 0.15) is 17.2 Å². The molecular formula is C25H23ClO5. The maximum Gasteiger partial charge on any atom is 0.345 e. The summed E-state index contributed by atoms with van der Waals surface area (Å²) in [5.41, 5.74) is 1.67. The standard InChI is InChI=1S/C25H23ClO5/c1-2-3-4-5-17-6-11-20(12-7-17)30-24(28)18-8-13-21(14-9-18)31-25(29)22-15-10-19(27)16-23(22)26/h6-16,27H,2-5H2,1H3. The third kappa shape index (κ3) is 6.33. The summed E-state index contributed by atoms with van der Waals surface area (Å²) in [6.45, 7) is 2.17. The molecule has 0 bridgehead atoms. The van der Waals surface area contributed by atoms with E-state index in [0.717, 1.165) is 12.8 Å². The van der Waals surface area contributed by atoms with Gasteiger partial charge in [-0.3, -0.25) is 0 Å². The van der Waals surface area contributed by atoms with Crippen molar-refractivity contribution in [1.29, 1.82) is 0 Å². The highest BCUT2D eigenvalue weighted by Crippen LogP contribution is 2.24. The number of hydrogen-bond acceptors (Lipinski definition) is 5. The minimum Gasteiger partial charge on any atom is -0.508 e. The van der Waals surface area contributed by atoms with Gasteiger partial charge in [0.15, 0.2) is 0 Å². The summed E-state index contributed by atoms with van der Waals surface area (Å²) in [5.74, 6) is -0.489. The van der Waals surface area contributed by atoms with E-state index in [4.69, 9.17) is 21.1 Å². The van der Waals surface area contributed by atoms with Crippen LogP contribution in [0.5, 0.6) is 17.2 Å². The third-order valence-corrected chi connectivity index (χ3v) is 4.99. The van der Waals surface area contributed by atoms with Gasteiger partial charge in [0.2, 0.25) is 0 Å². The van der Waals surface area contributed by atoms with Gasteiger partial charge in [-0.05, 0) is 73.0 Å². The Morgan fingerprint density at radius 2 is 1.45 bits per heavy atom. The molecule has 3 aromatic rings. The Kier molecular flexibility index (Phi) is 7.68. The van der Waals surface area contributed by atoms with E-state index in [9.17, 15) is 14.7 Å². The predicted octanol–water partition coefficient (Wildman–Crippen LogP) is 6.22. The van der Waals surface area contributed by atoms with Crippen LogP contribution < -0.4 is 9.47 Å². The summed E-state index contributed by atoms with van der Waals surface area (Å²) in [7, 11) is 0. The number of phenolic OH excluding ortho intramolecular Hbond substituents is 1. The van der Waals surface area contributed by atoms with Gasteiger partial charge in [0, 0.05) is 0 Å². The van der Waals surface area contributed by atoms with Gasteiger partial charge in [-0.25, -0.2) is 9.59 Å². The fourth-order valence-corrected chi connectivity index (χ4v) is 3.21. The summed E-state index contributed by atoms with van der Waals surface area (Å²) in [4.78, 5) is 24.6. The van der Waals surface area contributed by atoms with Crippen LogP contribution in [0.1, 0.15) is 52.5 Å². The van der Waals surface area contributed by atoms with E-state index in [2.05, 4.69) is 6.92 Å². The molecule has 3 rings (SSSR count). The highest BCUT2D eigenvalue weighted by Gasteiger charge is 2.14. The molecule has 0 radical (unpaired) electrons. The molecule has 1 N–H and O–H groups in total. The molecule has 0 spiro atoms. The second-order valence-electron chi connectivity index (χ2n) is 7.07. The molecule has 160 valence electrons. The van der Waals surface area contributed by atoms with Crippen molar-refractivity contribution in [2.24, 2.45) is 0 Å². The lowest BCUT2D eigenvalue weighted by atomic mass is 10.1. The van der Waals surface area contributed by atoms with Gasteiger partial charge in [0.05, 0.1) is 16.1 Å². The van der Waals surface area contributed by atoms with Crippen LogP contribution in [0.2, 0.25) is 5.02 Å². The summed E-state index contributed by atoms with van der Waals surface area (Å²) in [5, 5.41) is 9.46. The number of rotatable bonds is 8. The van der Waals surface area contributed by atoms with Crippen LogP contribution in [-0.4, -0.2) is 17.0 Å². The Morgan fingerprint density at radius 1 is 0.839 bits per heavy atom. The zero-order chi connectivity index (χ0) is 22.2. The zero-order valence-electron chi connectivity index (χ0n) is 17.1. The average molecular weight is 439 g/mol. The number of halogens is 1. The monoisotopic (exact) mass is 438 g/mol. The number of unbranched alkanes of at least 4 members (excludes halogenated alkanes) is 2. The van der Waals surface area contributed by atoms with Crippen LogP contribution in [0.15, 0.2) is 66.7 Å². The summed E-state index contributed by atoms with van der Waals surface area (Å²) < 4.78 is 10.7. The number of ether oxygens (including phenoxy) is 2. The first-order valence-electron chi connectivity index (χ1n) is 10.1. The molecular weight excluding hydrogens is 416 g/mol. The average Bonchev–Trinajstić information content (AvgIpc) is 2.75. The number of aromatic hydroxyl groups is 1. The van der Waals surface area contributed by atoms with Gasteiger partial charge in [-0.15, -0.1) is 0 Å². The molecule has 0 amide bonds. The Labute approximate surface area is 186 Å². The Balaban J connectivity index is 1.58. The summed E-state index contributed by atoms with van der Waals surface area (Å²) >= 11 is 5.95. The van der Waals surface area contributed by atoms with Crippen LogP contribution in [0.3, 0.4) is 0 Å². The molecule has 0 aliphatic rings. The van der Waals surface area contributed by atoms with Gasteiger partial charge >= 0.3 is 11.9 Å². The maximum atomic E-state index is 12.4. The van der Waals surface area contributed by atoms with Gasteiger partial charge in [-0.1, -0.05) is 43.5 Å². The molecule has 0 saturated heterocycles. The molecule has 0 fully saturated rings. The maximum absolute atomic E-state index is 12.4. The molecule has 0 aromatic heterocycles. The molecule has 0 unspecified atom stereocenters. The van der Waals surface area contributed by atoms with Crippen LogP contribution in [0.4, 0.5) is 0 Å². The summed E-state index contributed by atoms with van der Waals surface area (Å²) in [6.07, 6.45) is 4.53. The SMILES string of the molecule is CCCCCc1ccc(OC(=O)c2ccc(OC(=O)c3ccc(O)cc3Cl)cc2)cc1. The molecule has 31 heavy (non-hydrogen) atoms. The number of aryl methyl sites for hydroxylation is 1. The van der Waals surface area contributed by atoms with Crippen LogP contribution in [0, 0.1) is 0 Å². The minimum atomic E-state index is -0.667. The molecule has 0 atom stereocenters. The second-order valence-corrected chi connectivity index (χ2v) is 7.48. The Morgan fingerprint density at radius 3 is 2.06 bits per heavy atom. The fraction of sp³-hybridized carbons (Fsp3) is 0.200. The van der Waals surface area contributed by atoms with Gasteiger partial charge in [-0.2, -0.15) is 0 Å². The third-order valence-electron chi connectivity index (χ3n) is 4.68. The lowest BCUT2D eigenvalue weighted by Crippen LogP contribution is -2.10. The van der Waals surface area contributed by atoms with Crippen molar-refractivity contribution in [2.45, 2.75) is 32.6 Å². The first kappa shape index (κ1) is 22.4. The number of hydrogen-bond donors (Lipinski definition) is 1. The van der Waals surface area contributed by atoms with E-state index >= 15 is 0 Å². The van der Waals surface area contributed by atoms with E-state index in [1.165, 1.54) is 60.9 Å². The van der Waals surface area contributed by atoms with E-state index < -0.39 is 11.9 Å². The topological polar surface area (TPSA) is 72.8 Å². The quantitative estimate of drug-likeness (QED) is 0.257. The van der Waals surface area contributed by atoms with Crippen LogP contribution in [-0.2, 0) is 6.42 Å². The van der Waals surface area contributed by atoms with Crippen molar-refractivity contribution in [3.63, 3.8) is 0 Å². The van der Waals surface area contributed by atoms with Crippen molar-refractivity contribution in [3.05, 3.63) is 88.4 Å². The van der Waals surface area contributed by atoms with Crippen LogP contribution in [0.25, 0.3) is 0 Å². The molecule has 0 saturated carbocycles. The Hall–Kier alpha value is -3.31. The van der Waals surface area contributed by atoms with E-state index in [1.54, 1.807) is 12.1 Å². The van der Waals surface area contributed by atoms with Crippen molar-refractivity contribution >= 4 is 23.5 Å². The van der Waals surface area contributed by atoms with Gasteiger partial charge in [0.25, 0.3) is 0 Å². The first-order valence-corrected chi connectivity index (χ1v) is 10.5. The molecule has 6 heteroatoms. The first-order chi connectivity index (χ1) is 15.0. The molecule has 0 aliphatic heterocycles. The van der Waals surface area contributed by atoms with E-state index in [-0.39, 0.29) is 22.1 Å². The van der Waals surface area contributed by atoms with Crippen molar-refractivity contribution in [2.75, 3.05) is 0 Å². The predicted molar refractivity (Wildman–Crippen MR) is 119 cm³/mol. The van der Waals surface area contributed by atoms with Crippen molar-refractivity contribution < 1.29 is 24.2 Å². The summed E-state index contributed by atoms with van der Waals surface area (Å²) in [6, 6.07) is 17.5. The lowest BCUT2D eigenvalue weighted by Gasteiger charge is -2.08. The number of esters is 2. The lowest BCUT2D eigenvalue weighted by molar-refractivity contribution is 0.0730. The normalized spacial score (nSPS) is 10.5. The highest BCUT2D eigenvalue weighted by atomic mass is 35.5. The molecule has 5 nitrogen and oxygen atoms in total. The second kappa shape index (κ2) is 10.6. The van der Waals surface area contributed by atoms with E-state index in [1.807, 2.05) is 12.1 Å². The molecule has 0 heterocycles. The van der Waals surface area contributed by atoms with E-state index in [0.29, 0.717) is 11.3 Å². The smallest absolute Gasteiger partial charge is 0.345 e. The van der Waals surface area contributed by atoms with Crippen LogP contribution >= 0.6 is 11.6 Å². The minimum absolute atomic E-state index is 0.0458. The highest BCUT2D eigenvalue weighted by molar-refractivity contribution is 6.33. The Bertz CT molecular complexity index is 1040. The fourth-order valence-electron chi connectivity index (χ4n) is 2.96. The number of carbonyl (C=O) groups is 2. The van der Waals surface area contributed by atoms with Crippen molar-refractivity contribution in [1.82, 2.24) is 0 Å². The van der Waals surface area contributed by atoms with Crippen molar-refractivity contribution in [3.8, 4) is 17.2 Å². The van der Waals surface area contributed by atoms with Gasteiger partial charge < -0.3 is 14.6 Å².